The lowest BCUT2D eigenvalue weighted by atomic mass is 9.87. The van der Waals surface area contributed by atoms with Crippen molar-refractivity contribution in [3.8, 4) is 22.4 Å². The Bertz CT molecular complexity index is 1790. The van der Waals surface area contributed by atoms with Gasteiger partial charge in [-0.15, -0.1) is 0 Å². The maximum atomic E-state index is 13.4. The van der Waals surface area contributed by atoms with Crippen molar-refractivity contribution in [3.05, 3.63) is 72.7 Å². The molecule has 4 aromatic heterocycles. The van der Waals surface area contributed by atoms with Crippen molar-refractivity contribution in [3.63, 3.8) is 0 Å². The van der Waals surface area contributed by atoms with Gasteiger partial charge < -0.3 is 5.73 Å². The van der Waals surface area contributed by atoms with Gasteiger partial charge in [0.05, 0.1) is 29.9 Å². The number of anilines is 1. The van der Waals surface area contributed by atoms with Crippen molar-refractivity contribution in [2.45, 2.75) is 62.0 Å². The number of pyridine rings is 1. The van der Waals surface area contributed by atoms with Crippen LogP contribution in [0.3, 0.4) is 0 Å². The number of piperidine rings is 1. The summed E-state index contributed by atoms with van der Waals surface area (Å²) in [5.41, 5.74) is 11.2. The minimum Gasteiger partial charge on any atom is -0.382 e. The topological polar surface area (TPSA) is 148 Å². The molecule has 0 radical (unpaired) electrons. The van der Waals surface area contributed by atoms with Gasteiger partial charge in [-0.25, -0.2) is 18.4 Å². The van der Waals surface area contributed by atoms with E-state index in [1.54, 1.807) is 19.3 Å². The first-order chi connectivity index (χ1) is 19.9. The maximum Gasteiger partial charge on any atom is 0.183 e. The Kier molecular flexibility index (Phi) is 6.31. The van der Waals surface area contributed by atoms with Crippen LogP contribution in [0, 0.1) is 0 Å². The Labute approximate surface area is 237 Å². The van der Waals surface area contributed by atoms with Crippen LogP contribution >= 0.6 is 0 Å². The number of nitrogens with zero attached hydrogens (tertiary/aromatic N) is 7. The molecule has 6 heterocycles. The van der Waals surface area contributed by atoms with Crippen LogP contribution in [0.2, 0.25) is 0 Å². The van der Waals surface area contributed by atoms with E-state index in [1.807, 2.05) is 42.5 Å². The number of benzene rings is 1. The highest BCUT2D eigenvalue weighted by molar-refractivity contribution is 7.91. The largest absolute Gasteiger partial charge is 0.382 e. The van der Waals surface area contributed by atoms with E-state index in [0.717, 1.165) is 53.9 Å². The molecule has 2 unspecified atom stereocenters. The molecule has 1 aromatic carbocycles. The van der Waals surface area contributed by atoms with Gasteiger partial charge in [-0.1, -0.05) is 43.3 Å². The summed E-state index contributed by atoms with van der Waals surface area (Å²) in [6, 6.07) is 14.5. The number of hydrogen-bond acceptors (Lipinski definition) is 9. The summed E-state index contributed by atoms with van der Waals surface area (Å²) in [5, 5.41) is 11.4. The molecule has 2 atom stereocenters. The standard InChI is InChI=1S/C29H31N9O2S/c1-2-41(39,40)27-26(20-12-21-9-10-22(13-20)37(21)16-25-32-17-33-36-25)35-29-23(15-34-38(29)28(27)30)19-8-11-24(31-14-19)18-6-4-3-5-7-18/h3-8,11,14-15,17,20-22H,2,9-10,12-13,16,30H2,1H3,(H,32,33,36). The molecule has 2 aliphatic rings. The smallest absolute Gasteiger partial charge is 0.183 e. The summed E-state index contributed by atoms with van der Waals surface area (Å²) < 4.78 is 28.3. The molecule has 0 amide bonds. The first-order valence-electron chi connectivity index (χ1n) is 13.9. The SMILES string of the molecule is CCS(=O)(=O)c1c(C2CC3CCC(C2)N3Cc2ncn[nH]2)nc2c(-c3ccc(-c4ccccc4)nc3)cnn2c1N. The van der Waals surface area contributed by atoms with Gasteiger partial charge in [0.25, 0.3) is 0 Å². The zero-order chi connectivity index (χ0) is 28.1. The van der Waals surface area contributed by atoms with Gasteiger partial charge in [0.15, 0.2) is 15.5 Å². The van der Waals surface area contributed by atoms with Crippen molar-refractivity contribution in [2.24, 2.45) is 0 Å². The number of aromatic nitrogens is 7. The predicted molar refractivity (Wildman–Crippen MR) is 155 cm³/mol. The zero-order valence-electron chi connectivity index (χ0n) is 22.7. The minimum absolute atomic E-state index is 0.0385. The number of sulfone groups is 1. The van der Waals surface area contributed by atoms with Crippen molar-refractivity contribution in [2.75, 3.05) is 11.5 Å². The van der Waals surface area contributed by atoms with Gasteiger partial charge >= 0.3 is 0 Å². The number of H-pyrrole nitrogens is 1. The lowest BCUT2D eigenvalue weighted by Crippen LogP contribution is -2.42. The highest BCUT2D eigenvalue weighted by Gasteiger charge is 2.43. The molecule has 0 spiro atoms. The summed E-state index contributed by atoms with van der Waals surface area (Å²) in [6.45, 7) is 2.34. The second kappa shape index (κ2) is 10.0. The Morgan fingerprint density at radius 3 is 2.44 bits per heavy atom. The van der Waals surface area contributed by atoms with Gasteiger partial charge in [0.1, 0.15) is 22.9 Å². The average Bonchev–Trinajstić information content (AvgIpc) is 3.72. The van der Waals surface area contributed by atoms with E-state index in [0.29, 0.717) is 30.0 Å². The Balaban J connectivity index is 1.29. The van der Waals surface area contributed by atoms with Gasteiger partial charge in [-0.2, -0.15) is 14.7 Å². The lowest BCUT2D eigenvalue weighted by molar-refractivity contribution is 0.114. The quantitative estimate of drug-likeness (QED) is 0.298. The van der Waals surface area contributed by atoms with Crippen LogP contribution in [0.4, 0.5) is 5.82 Å². The summed E-state index contributed by atoms with van der Waals surface area (Å²) in [5.74, 6) is 0.856. The Morgan fingerprint density at radius 2 is 1.78 bits per heavy atom. The molecule has 0 aliphatic carbocycles. The van der Waals surface area contributed by atoms with Crippen LogP contribution in [-0.2, 0) is 16.4 Å². The van der Waals surface area contributed by atoms with Gasteiger partial charge in [-0.3, -0.25) is 15.0 Å². The summed E-state index contributed by atoms with van der Waals surface area (Å²) in [4.78, 5) is 16.6. The maximum absolute atomic E-state index is 13.4. The number of hydrogen-bond donors (Lipinski definition) is 2. The van der Waals surface area contributed by atoms with E-state index in [4.69, 9.17) is 10.7 Å². The lowest BCUT2D eigenvalue weighted by Gasteiger charge is -2.38. The van der Waals surface area contributed by atoms with Crippen LogP contribution in [0.1, 0.15) is 50.0 Å². The number of nitrogens with two attached hydrogens (primary N) is 1. The molecule has 0 saturated carbocycles. The predicted octanol–water partition coefficient (Wildman–Crippen LogP) is 3.86. The molecule has 210 valence electrons. The van der Waals surface area contributed by atoms with Crippen molar-refractivity contribution >= 4 is 21.3 Å². The van der Waals surface area contributed by atoms with Crippen molar-refractivity contribution in [1.29, 1.82) is 0 Å². The normalized spacial score (nSPS) is 21.0. The molecule has 2 fully saturated rings. The number of fused-ring (bicyclic) bond motifs is 3. The minimum atomic E-state index is -3.66. The van der Waals surface area contributed by atoms with E-state index < -0.39 is 9.84 Å². The second-order valence-electron chi connectivity index (χ2n) is 10.9. The van der Waals surface area contributed by atoms with Gasteiger partial charge in [0, 0.05) is 40.9 Å². The molecular weight excluding hydrogens is 538 g/mol. The fourth-order valence-corrected chi connectivity index (χ4v) is 7.75. The van der Waals surface area contributed by atoms with Crippen LogP contribution in [0.15, 0.2) is 66.1 Å². The summed E-state index contributed by atoms with van der Waals surface area (Å²) >= 11 is 0. The Hall–Kier alpha value is -4.16. The molecule has 5 aromatic rings. The highest BCUT2D eigenvalue weighted by atomic mass is 32.2. The number of nitrogen functional groups attached to an aromatic ring is 1. The molecular formula is C29H31N9O2S. The molecule has 2 aliphatic heterocycles. The molecule has 41 heavy (non-hydrogen) atoms. The van der Waals surface area contributed by atoms with Crippen LogP contribution in [-0.4, -0.2) is 65.9 Å². The first-order valence-corrected chi connectivity index (χ1v) is 15.6. The molecule has 3 N–H and O–H groups in total. The van der Waals surface area contributed by atoms with Crippen molar-refractivity contribution in [1.82, 2.24) is 39.7 Å². The van der Waals surface area contributed by atoms with E-state index in [9.17, 15) is 8.42 Å². The third-order valence-corrected chi connectivity index (χ3v) is 10.4. The fourth-order valence-electron chi connectivity index (χ4n) is 6.53. The second-order valence-corrected chi connectivity index (χ2v) is 13.1. The first kappa shape index (κ1) is 25.8. The van der Waals surface area contributed by atoms with E-state index in [2.05, 4.69) is 30.2 Å². The molecule has 2 saturated heterocycles. The Morgan fingerprint density at radius 1 is 1.00 bits per heavy atom. The van der Waals surface area contributed by atoms with E-state index in [1.165, 1.54) is 10.8 Å². The van der Waals surface area contributed by atoms with E-state index in [-0.39, 0.29) is 22.4 Å². The molecule has 7 rings (SSSR count). The fraction of sp³-hybridized carbons (Fsp3) is 0.345. The molecule has 11 nitrogen and oxygen atoms in total. The highest BCUT2D eigenvalue weighted by Crippen LogP contribution is 2.45. The van der Waals surface area contributed by atoms with Crippen LogP contribution in [0.5, 0.6) is 0 Å². The number of rotatable bonds is 7. The molecule has 12 heteroatoms. The summed E-state index contributed by atoms with van der Waals surface area (Å²) in [6.07, 6.45) is 8.73. The van der Waals surface area contributed by atoms with Gasteiger partial charge in [0.2, 0.25) is 0 Å². The monoisotopic (exact) mass is 569 g/mol. The number of nitrogens with one attached hydrogen (secondary N) is 1. The number of aromatic amines is 1. The van der Waals surface area contributed by atoms with Crippen LogP contribution < -0.4 is 5.73 Å². The summed E-state index contributed by atoms with van der Waals surface area (Å²) in [7, 11) is -3.66. The van der Waals surface area contributed by atoms with Crippen LogP contribution in [0.25, 0.3) is 28.0 Å². The third-order valence-electron chi connectivity index (χ3n) is 8.57. The zero-order valence-corrected chi connectivity index (χ0v) is 23.5. The third kappa shape index (κ3) is 4.47. The van der Waals surface area contributed by atoms with Crippen molar-refractivity contribution < 1.29 is 8.42 Å². The van der Waals surface area contributed by atoms with Gasteiger partial charge in [-0.05, 0) is 31.7 Å². The average molecular weight is 570 g/mol. The van der Waals surface area contributed by atoms with E-state index >= 15 is 0 Å². The molecule has 2 bridgehead atoms.